The van der Waals surface area contributed by atoms with E-state index in [9.17, 15) is 0 Å². The molecule has 1 nitrogen and oxygen atoms in total. The summed E-state index contributed by atoms with van der Waals surface area (Å²) in [4.78, 5) is 0. The summed E-state index contributed by atoms with van der Waals surface area (Å²) >= 11 is 1.81. The van der Waals surface area contributed by atoms with Crippen LogP contribution in [0.3, 0.4) is 0 Å². The van der Waals surface area contributed by atoms with Gasteiger partial charge in [0.1, 0.15) is 0 Å². The average molecular weight is 428 g/mol. The molecule has 2 aromatic carbocycles. The molecular weight excluding hydrogens is 410 g/mol. The van der Waals surface area contributed by atoms with Crippen molar-refractivity contribution in [3.8, 4) is 0 Å². The first-order valence-corrected chi connectivity index (χ1v) is 8.35. The minimum atomic E-state index is 0. The van der Waals surface area contributed by atoms with Gasteiger partial charge in [-0.1, -0.05) is 0 Å². The fourth-order valence-electron chi connectivity index (χ4n) is 3.83. The van der Waals surface area contributed by atoms with Crippen LogP contribution in [0, 0.1) is 5.92 Å². The van der Waals surface area contributed by atoms with Crippen LogP contribution in [0.15, 0.2) is 60.7 Å². The second kappa shape index (κ2) is 9.97. The number of benzene rings is 2. The third-order valence-electron chi connectivity index (χ3n) is 4.87. The van der Waals surface area contributed by atoms with Crippen LogP contribution in [-0.2, 0) is 24.1 Å². The van der Waals surface area contributed by atoms with Gasteiger partial charge in [0, 0.05) is 0 Å². The van der Waals surface area contributed by atoms with E-state index in [1.54, 1.807) is 0 Å². The molecular formula is C20H17Cl3OTi. The van der Waals surface area contributed by atoms with E-state index in [2.05, 4.69) is 72.8 Å². The maximum absolute atomic E-state index is 5.59. The van der Waals surface area contributed by atoms with Gasteiger partial charge in [-0.25, -0.2) is 0 Å². The van der Waals surface area contributed by atoms with Gasteiger partial charge in [0.2, 0.25) is 0 Å². The Morgan fingerprint density at radius 2 is 1.20 bits per heavy atom. The minimum absolute atomic E-state index is 0. The molecule has 0 saturated carbocycles. The Morgan fingerprint density at radius 1 is 0.760 bits per heavy atom. The average Bonchev–Trinajstić information content (AvgIpc) is 3.17. The molecule has 0 fully saturated rings. The predicted octanol–water partition coefficient (Wildman–Crippen LogP) is -4.29. The molecule has 2 aliphatic carbocycles. The molecule has 2 aromatic rings. The molecule has 0 aliphatic heterocycles. The summed E-state index contributed by atoms with van der Waals surface area (Å²) in [6.45, 7) is 0.771. The van der Waals surface area contributed by atoms with E-state index in [0.717, 1.165) is 6.61 Å². The summed E-state index contributed by atoms with van der Waals surface area (Å²) in [5, 5.41) is 0. The first-order valence-electron chi connectivity index (χ1n) is 7.71. The Bertz CT molecular complexity index is 699. The molecule has 2 atom stereocenters. The first-order chi connectivity index (χ1) is 10.9. The molecule has 5 heteroatoms. The van der Waals surface area contributed by atoms with Crippen LogP contribution in [0.4, 0.5) is 0 Å². The van der Waals surface area contributed by atoms with Gasteiger partial charge in [0.25, 0.3) is 0 Å². The predicted molar refractivity (Wildman–Crippen MR) is 85.9 cm³/mol. The number of allylic oxidation sites excluding steroid dienone is 2. The molecule has 0 N–H and O–H groups in total. The van der Waals surface area contributed by atoms with Gasteiger partial charge in [-0.3, -0.25) is 0 Å². The van der Waals surface area contributed by atoms with E-state index in [1.165, 1.54) is 22.3 Å². The Labute approximate surface area is 180 Å². The number of rotatable bonds is 4. The normalized spacial score (nSPS) is 19.9. The van der Waals surface area contributed by atoms with Gasteiger partial charge in [0.05, 0.1) is 0 Å². The molecule has 0 bridgehead atoms. The third-order valence-corrected chi connectivity index (χ3v) is 5.14. The molecule has 2 unspecified atom stereocenters. The zero-order chi connectivity index (χ0) is 14.9. The standard InChI is InChI=1S/C20H17O.3ClH.Ti/c21-13-20(18-11-9-14-5-1-3-7-16(14)18)19-12-10-15-6-2-4-8-17(15)19;;;;/h1-12,18-20H,13H2;3*1H;/q-1;;;;+4/p-3. The van der Waals surface area contributed by atoms with Crippen molar-refractivity contribution in [2.45, 2.75) is 11.8 Å². The summed E-state index contributed by atoms with van der Waals surface area (Å²) in [6.07, 6.45) is 9.21. The molecule has 0 spiro atoms. The number of halogens is 3. The van der Waals surface area contributed by atoms with Crippen LogP contribution in [0.1, 0.15) is 34.1 Å². The molecule has 0 saturated heterocycles. The van der Waals surface area contributed by atoms with Crippen LogP contribution in [0.25, 0.3) is 12.2 Å². The Morgan fingerprint density at radius 3 is 1.64 bits per heavy atom. The van der Waals surface area contributed by atoms with Gasteiger partial charge in [-0.05, 0) is 0 Å². The second-order valence-corrected chi connectivity index (χ2v) is 6.45. The Hall–Kier alpha value is -0.536. The van der Waals surface area contributed by atoms with Crippen molar-refractivity contribution < 1.29 is 61.4 Å². The van der Waals surface area contributed by atoms with Crippen LogP contribution < -0.4 is 37.2 Å². The van der Waals surface area contributed by atoms with Gasteiger partial charge < -0.3 is 37.2 Å². The quantitative estimate of drug-likeness (QED) is 0.449. The summed E-state index contributed by atoms with van der Waals surface area (Å²) < 4.78 is 5.59. The summed E-state index contributed by atoms with van der Waals surface area (Å²) in [5.74, 6) is 1.29. The van der Waals surface area contributed by atoms with E-state index in [0.29, 0.717) is 17.8 Å². The topological polar surface area (TPSA) is 9.23 Å². The number of hydrogen-bond donors (Lipinski definition) is 0. The molecule has 2 aliphatic rings. The SMILES string of the molecule is [Cl-].[Cl-].[Cl-].[Ti+3][O]CC(C1C=Cc2ccccc21)C1C=Cc2ccccc21. The number of hydrogen-bond acceptors (Lipinski definition) is 1. The van der Waals surface area contributed by atoms with Crippen LogP contribution in [0.2, 0.25) is 0 Å². The van der Waals surface area contributed by atoms with Gasteiger partial charge >= 0.3 is 144 Å². The van der Waals surface area contributed by atoms with E-state index < -0.39 is 0 Å². The third kappa shape index (κ3) is 4.24. The molecule has 128 valence electrons. The maximum atomic E-state index is 5.59. The first kappa shape index (κ1) is 22.5. The summed E-state index contributed by atoms with van der Waals surface area (Å²) in [6, 6.07) is 17.4. The zero-order valence-corrected chi connectivity index (χ0v) is 17.2. The van der Waals surface area contributed by atoms with Crippen molar-refractivity contribution in [1.82, 2.24) is 0 Å². The van der Waals surface area contributed by atoms with Gasteiger partial charge in [-0.15, -0.1) is 0 Å². The molecule has 4 rings (SSSR count). The van der Waals surface area contributed by atoms with Gasteiger partial charge in [-0.2, -0.15) is 0 Å². The molecule has 0 radical (unpaired) electrons. The van der Waals surface area contributed by atoms with Crippen molar-refractivity contribution >= 4 is 12.2 Å². The summed E-state index contributed by atoms with van der Waals surface area (Å²) in [7, 11) is 0. The molecule has 0 heterocycles. The van der Waals surface area contributed by atoms with Crippen molar-refractivity contribution in [1.29, 1.82) is 0 Å². The van der Waals surface area contributed by atoms with Crippen LogP contribution >= 0.6 is 0 Å². The van der Waals surface area contributed by atoms with Gasteiger partial charge in [0.15, 0.2) is 0 Å². The monoisotopic (exact) mass is 426 g/mol. The summed E-state index contributed by atoms with van der Waals surface area (Å²) in [5.41, 5.74) is 5.57. The fraction of sp³-hybridized carbons (Fsp3) is 0.200. The second-order valence-electron chi connectivity index (χ2n) is 6.00. The fourth-order valence-corrected chi connectivity index (χ4v) is 4.13. The van der Waals surface area contributed by atoms with Crippen molar-refractivity contribution in [2.75, 3.05) is 6.61 Å². The van der Waals surface area contributed by atoms with E-state index in [-0.39, 0.29) is 37.2 Å². The zero-order valence-electron chi connectivity index (χ0n) is 13.4. The Balaban J connectivity index is 0.00000104. The van der Waals surface area contributed by atoms with E-state index in [1.807, 2.05) is 20.8 Å². The molecule has 0 amide bonds. The van der Waals surface area contributed by atoms with Crippen LogP contribution in [-0.4, -0.2) is 6.61 Å². The number of fused-ring (bicyclic) bond motifs is 2. The van der Waals surface area contributed by atoms with Crippen molar-refractivity contribution in [3.05, 3.63) is 82.9 Å². The van der Waals surface area contributed by atoms with Crippen molar-refractivity contribution in [3.63, 3.8) is 0 Å². The van der Waals surface area contributed by atoms with Crippen molar-refractivity contribution in [2.24, 2.45) is 5.92 Å². The van der Waals surface area contributed by atoms with E-state index in [4.69, 9.17) is 3.32 Å². The van der Waals surface area contributed by atoms with E-state index >= 15 is 0 Å². The Kier molecular flexibility index (Phi) is 8.97. The molecule has 0 aromatic heterocycles. The molecule has 25 heavy (non-hydrogen) atoms. The van der Waals surface area contributed by atoms with Crippen LogP contribution in [0.5, 0.6) is 0 Å².